The Morgan fingerprint density at radius 2 is 1.57 bits per heavy atom. The van der Waals surface area contributed by atoms with Gasteiger partial charge in [-0.2, -0.15) is 0 Å². The Kier molecular flexibility index (Phi) is 7.61. The molecule has 1 aliphatic heterocycles. The molecule has 5 rings (SSSR count). The summed E-state index contributed by atoms with van der Waals surface area (Å²) in [6, 6.07) is 10.8. The molecule has 1 heterocycles. The lowest BCUT2D eigenvalue weighted by Gasteiger charge is -2.42. The second kappa shape index (κ2) is 10.8. The van der Waals surface area contributed by atoms with Gasteiger partial charge in [-0.15, -0.1) is 0 Å². The van der Waals surface area contributed by atoms with Gasteiger partial charge < -0.3 is 15.0 Å². The van der Waals surface area contributed by atoms with Crippen molar-refractivity contribution in [2.45, 2.75) is 44.4 Å². The largest absolute Gasteiger partial charge is 0.481 e. The molecule has 0 unspecified atom stereocenters. The first-order valence-corrected chi connectivity index (χ1v) is 14.1. The summed E-state index contributed by atoms with van der Waals surface area (Å²) in [6.45, 7) is -0.225. The van der Waals surface area contributed by atoms with Crippen molar-refractivity contribution in [2.75, 3.05) is 19.0 Å². The third kappa shape index (κ3) is 5.03. The topological polar surface area (TPSA) is 75.7 Å². The second-order valence-electron chi connectivity index (χ2n) is 9.40. The van der Waals surface area contributed by atoms with Crippen molar-refractivity contribution in [3.05, 3.63) is 78.5 Å². The minimum Gasteiger partial charge on any atom is -0.481 e. The fourth-order valence-electron chi connectivity index (χ4n) is 5.46. The van der Waals surface area contributed by atoms with Gasteiger partial charge in [0.05, 0.1) is 19.7 Å². The predicted octanol–water partition coefficient (Wildman–Crippen LogP) is 6.93. The number of ether oxygens (including phenoxy) is 1. The van der Waals surface area contributed by atoms with E-state index in [1.807, 2.05) is 19.2 Å². The molecule has 192 valence electrons. The summed E-state index contributed by atoms with van der Waals surface area (Å²) >= 11 is 13.3. The van der Waals surface area contributed by atoms with Crippen molar-refractivity contribution in [3.8, 4) is 5.75 Å². The number of hydrogen-bond donors (Lipinski definition) is 1. The molecule has 2 aromatic rings. The average Bonchev–Trinajstić information content (AvgIpc) is 2.86. The fourth-order valence-corrected chi connectivity index (χ4v) is 7.09. The molecule has 3 aliphatic rings. The molecule has 6 nitrogen and oxygen atoms in total. The van der Waals surface area contributed by atoms with E-state index >= 15 is 0 Å². The van der Waals surface area contributed by atoms with Crippen molar-refractivity contribution < 1.29 is 19.1 Å². The maximum absolute atomic E-state index is 13.2. The van der Waals surface area contributed by atoms with E-state index in [-0.39, 0.29) is 24.1 Å². The van der Waals surface area contributed by atoms with E-state index in [2.05, 4.69) is 42.1 Å². The Balaban J connectivity index is 1.45. The summed E-state index contributed by atoms with van der Waals surface area (Å²) in [6.07, 6.45) is 4.27. The third-order valence-corrected chi connectivity index (χ3v) is 8.60. The van der Waals surface area contributed by atoms with E-state index in [4.69, 9.17) is 16.3 Å². The molecule has 1 amide bonds. The minimum atomic E-state index is -0.410. The number of nitrogens with zero attached hydrogens (tertiary/aromatic N) is 1. The zero-order valence-electron chi connectivity index (χ0n) is 20.2. The van der Waals surface area contributed by atoms with E-state index < -0.39 is 5.92 Å². The first-order valence-electron chi connectivity index (χ1n) is 12.2. The molecular weight excluding hydrogens is 624 g/mol. The lowest BCUT2D eigenvalue weighted by Crippen LogP contribution is -2.37. The SMILES string of the molecule is CN1C2=C(C(=O)CCC2)C(c2cc(Br)c(OCC(=O)Nc3ccccc3Cl)c(Br)c2)C2=C1CCCC2=O. The van der Waals surface area contributed by atoms with Crippen LogP contribution in [0.4, 0.5) is 5.69 Å². The fraction of sp³-hybridized carbons (Fsp3) is 0.321. The highest BCUT2D eigenvalue weighted by molar-refractivity contribution is 9.11. The van der Waals surface area contributed by atoms with Gasteiger partial charge in [-0.25, -0.2) is 0 Å². The van der Waals surface area contributed by atoms with Gasteiger partial charge in [0.25, 0.3) is 5.91 Å². The zero-order chi connectivity index (χ0) is 26.3. The van der Waals surface area contributed by atoms with Crippen LogP contribution in [0.1, 0.15) is 50.0 Å². The van der Waals surface area contributed by atoms with Crippen LogP contribution in [-0.2, 0) is 14.4 Å². The number of hydrogen-bond acceptors (Lipinski definition) is 5. The standard InChI is InChI=1S/C28H25Br2ClN2O4/c1-33-20-8-4-10-22(34)26(20)25(27-21(33)9-5-11-23(27)35)15-12-16(29)28(17(30)13-15)37-14-24(36)32-19-7-3-2-6-18(19)31/h2-3,6-7,12-13,25H,4-5,8-11,14H2,1H3,(H,32,36). The van der Waals surface area contributed by atoms with Crippen molar-refractivity contribution in [1.82, 2.24) is 4.90 Å². The highest BCUT2D eigenvalue weighted by Crippen LogP contribution is 2.50. The number of rotatable bonds is 5. The maximum atomic E-state index is 13.2. The van der Waals surface area contributed by atoms with Crippen LogP contribution in [0, 0.1) is 0 Å². The number of carbonyl (C=O) groups excluding carboxylic acids is 3. The number of amides is 1. The van der Waals surface area contributed by atoms with Gasteiger partial charge in [0.15, 0.2) is 18.2 Å². The molecule has 0 fully saturated rings. The number of halogens is 3. The number of nitrogens with one attached hydrogen (secondary N) is 1. The molecule has 0 atom stereocenters. The predicted molar refractivity (Wildman–Crippen MR) is 150 cm³/mol. The Bertz CT molecular complexity index is 1320. The molecule has 37 heavy (non-hydrogen) atoms. The van der Waals surface area contributed by atoms with E-state index in [9.17, 15) is 14.4 Å². The first-order chi connectivity index (χ1) is 17.8. The second-order valence-corrected chi connectivity index (χ2v) is 11.5. The third-order valence-electron chi connectivity index (χ3n) is 7.09. The van der Waals surface area contributed by atoms with Gasteiger partial charge in [0, 0.05) is 48.3 Å². The van der Waals surface area contributed by atoms with Crippen molar-refractivity contribution >= 4 is 66.6 Å². The molecule has 2 aromatic carbocycles. The highest BCUT2D eigenvalue weighted by Gasteiger charge is 2.42. The molecule has 2 aliphatic carbocycles. The summed E-state index contributed by atoms with van der Waals surface area (Å²) in [5, 5.41) is 3.18. The quantitative estimate of drug-likeness (QED) is 0.381. The average molecular weight is 649 g/mol. The van der Waals surface area contributed by atoms with Crippen LogP contribution in [0.15, 0.2) is 67.9 Å². The monoisotopic (exact) mass is 646 g/mol. The van der Waals surface area contributed by atoms with Gasteiger partial charge in [-0.3, -0.25) is 14.4 Å². The normalized spacial score (nSPS) is 18.1. The molecule has 1 N–H and O–H groups in total. The number of benzene rings is 2. The van der Waals surface area contributed by atoms with E-state index in [1.54, 1.807) is 24.3 Å². The number of Topliss-reactive ketones (excluding diaryl/α,β-unsaturated/α-hetero) is 2. The number of allylic oxidation sites excluding steroid dienone is 4. The van der Waals surface area contributed by atoms with Crippen LogP contribution in [0.2, 0.25) is 5.02 Å². The zero-order valence-corrected chi connectivity index (χ0v) is 24.1. The van der Waals surface area contributed by atoms with Crippen molar-refractivity contribution in [1.29, 1.82) is 0 Å². The van der Waals surface area contributed by atoms with Crippen LogP contribution in [-0.4, -0.2) is 36.0 Å². The summed E-state index contributed by atoms with van der Waals surface area (Å²) in [4.78, 5) is 41.0. The molecule has 0 saturated heterocycles. The highest BCUT2D eigenvalue weighted by atomic mass is 79.9. The van der Waals surface area contributed by atoms with Crippen LogP contribution >= 0.6 is 43.5 Å². The Hall–Kier alpha value is -2.42. The Morgan fingerprint density at radius 1 is 1.00 bits per heavy atom. The smallest absolute Gasteiger partial charge is 0.262 e. The van der Waals surface area contributed by atoms with E-state index in [0.717, 1.165) is 53.8 Å². The van der Waals surface area contributed by atoms with E-state index in [0.29, 0.717) is 38.2 Å². The molecule has 0 radical (unpaired) electrons. The first kappa shape index (κ1) is 26.2. The van der Waals surface area contributed by atoms with Gasteiger partial charge in [-0.1, -0.05) is 23.7 Å². The van der Waals surface area contributed by atoms with Gasteiger partial charge in [-0.05, 0) is 87.4 Å². The van der Waals surface area contributed by atoms with Crippen LogP contribution in [0.5, 0.6) is 5.75 Å². The minimum absolute atomic E-state index is 0.104. The summed E-state index contributed by atoms with van der Waals surface area (Å²) < 4.78 is 7.09. The van der Waals surface area contributed by atoms with Gasteiger partial charge in [0.2, 0.25) is 0 Å². The number of carbonyl (C=O) groups is 3. The summed E-state index contributed by atoms with van der Waals surface area (Å²) in [7, 11) is 1.98. The maximum Gasteiger partial charge on any atom is 0.262 e. The Morgan fingerprint density at radius 3 is 2.14 bits per heavy atom. The van der Waals surface area contributed by atoms with Crippen molar-refractivity contribution in [3.63, 3.8) is 0 Å². The number of anilines is 1. The number of para-hydroxylation sites is 1. The summed E-state index contributed by atoms with van der Waals surface area (Å²) in [5.41, 5.74) is 4.86. The van der Waals surface area contributed by atoms with E-state index in [1.165, 1.54) is 0 Å². The van der Waals surface area contributed by atoms with Crippen molar-refractivity contribution in [2.24, 2.45) is 0 Å². The lowest BCUT2D eigenvalue weighted by atomic mass is 9.71. The molecule has 0 bridgehead atoms. The van der Waals surface area contributed by atoms with Gasteiger partial charge >= 0.3 is 0 Å². The number of ketones is 2. The van der Waals surface area contributed by atoms with Crippen LogP contribution in [0.25, 0.3) is 0 Å². The van der Waals surface area contributed by atoms with Crippen LogP contribution in [0.3, 0.4) is 0 Å². The molecule has 0 aromatic heterocycles. The molecule has 0 saturated carbocycles. The van der Waals surface area contributed by atoms with Crippen LogP contribution < -0.4 is 10.1 Å². The van der Waals surface area contributed by atoms with Gasteiger partial charge in [0.1, 0.15) is 5.75 Å². The lowest BCUT2D eigenvalue weighted by molar-refractivity contribution is -0.118. The molecule has 0 spiro atoms. The summed E-state index contributed by atoms with van der Waals surface area (Å²) in [5.74, 6) is -0.0959. The molecular formula is C28H25Br2ClN2O4. The molecule has 9 heteroatoms. The Labute approximate surface area is 237 Å².